The lowest BCUT2D eigenvalue weighted by atomic mass is 9.92. The maximum absolute atomic E-state index is 11.5. The van der Waals surface area contributed by atoms with E-state index in [1.807, 2.05) is 0 Å². The van der Waals surface area contributed by atoms with Gasteiger partial charge >= 0.3 is 5.97 Å². The quantitative estimate of drug-likeness (QED) is 0.796. The van der Waals surface area contributed by atoms with Crippen LogP contribution in [0.3, 0.4) is 0 Å². The smallest absolute Gasteiger partial charge is 0.308 e. The van der Waals surface area contributed by atoms with Crippen molar-refractivity contribution in [2.45, 2.75) is 58.0 Å². The molecular weight excluding hydrogens is 240 g/mol. The molecule has 1 aliphatic carbocycles. The first-order valence-electron chi connectivity index (χ1n) is 7.84. The standard InChI is InChI=1S/C15H28N2O2/c1-3-16-9-10-17(11-12(16)2)14-8-6-4-5-7-13(14)15(18)19/h12-14H,3-11H2,1-2H3,(H,18,19). The van der Waals surface area contributed by atoms with Gasteiger partial charge < -0.3 is 5.11 Å². The Bertz CT molecular complexity index is 309. The van der Waals surface area contributed by atoms with Gasteiger partial charge in [0.2, 0.25) is 0 Å². The van der Waals surface area contributed by atoms with Crippen LogP contribution in [-0.4, -0.2) is 59.1 Å². The van der Waals surface area contributed by atoms with Crippen LogP contribution in [0, 0.1) is 5.92 Å². The van der Waals surface area contributed by atoms with Gasteiger partial charge in [0, 0.05) is 31.7 Å². The molecule has 1 heterocycles. The number of carboxylic acids is 1. The van der Waals surface area contributed by atoms with Gasteiger partial charge in [0.25, 0.3) is 0 Å². The Hall–Kier alpha value is -0.610. The van der Waals surface area contributed by atoms with Gasteiger partial charge in [0.1, 0.15) is 0 Å². The molecule has 0 aromatic rings. The predicted octanol–water partition coefficient (Wildman–Crippen LogP) is 2.05. The van der Waals surface area contributed by atoms with E-state index in [2.05, 4.69) is 23.6 Å². The lowest BCUT2D eigenvalue weighted by Crippen LogP contribution is -2.56. The van der Waals surface area contributed by atoms with E-state index in [0.29, 0.717) is 6.04 Å². The molecule has 4 heteroatoms. The van der Waals surface area contributed by atoms with Crippen LogP contribution < -0.4 is 0 Å². The molecule has 1 saturated heterocycles. The summed E-state index contributed by atoms with van der Waals surface area (Å²) in [6, 6.07) is 0.818. The van der Waals surface area contributed by atoms with Crippen molar-refractivity contribution in [3.8, 4) is 0 Å². The molecule has 1 saturated carbocycles. The number of aliphatic carboxylic acids is 1. The molecule has 1 aliphatic heterocycles. The molecule has 0 amide bonds. The minimum Gasteiger partial charge on any atom is -0.481 e. The number of hydrogen-bond acceptors (Lipinski definition) is 3. The molecule has 4 nitrogen and oxygen atoms in total. The Morgan fingerprint density at radius 2 is 1.95 bits per heavy atom. The molecule has 2 fully saturated rings. The second-order valence-electron chi connectivity index (χ2n) is 6.12. The highest BCUT2D eigenvalue weighted by molar-refractivity contribution is 5.70. The molecule has 2 aliphatic rings. The maximum atomic E-state index is 11.5. The van der Waals surface area contributed by atoms with Gasteiger partial charge in [0.15, 0.2) is 0 Å². The third kappa shape index (κ3) is 3.48. The van der Waals surface area contributed by atoms with Crippen molar-refractivity contribution in [3.63, 3.8) is 0 Å². The summed E-state index contributed by atoms with van der Waals surface area (Å²) in [4.78, 5) is 16.5. The van der Waals surface area contributed by atoms with E-state index in [0.717, 1.165) is 45.4 Å². The van der Waals surface area contributed by atoms with Crippen LogP contribution in [-0.2, 0) is 4.79 Å². The van der Waals surface area contributed by atoms with Crippen LogP contribution in [0.25, 0.3) is 0 Å². The zero-order valence-electron chi connectivity index (χ0n) is 12.3. The highest BCUT2D eigenvalue weighted by atomic mass is 16.4. The molecular formula is C15H28N2O2. The topological polar surface area (TPSA) is 43.8 Å². The van der Waals surface area contributed by atoms with Gasteiger partial charge in [-0.3, -0.25) is 14.6 Å². The summed E-state index contributed by atoms with van der Waals surface area (Å²) in [5.41, 5.74) is 0. The number of piperazine rings is 1. The second-order valence-corrected chi connectivity index (χ2v) is 6.12. The van der Waals surface area contributed by atoms with E-state index in [9.17, 15) is 9.90 Å². The summed E-state index contributed by atoms with van der Waals surface area (Å²) in [6.45, 7) is 8.72. The van der Waals surface area contributed by atoms with Crippen molar-refractivity contribution in [1.29, 1.82) is 0 Å². The van der Waals surface area contributed by atoms with Crippen LogP contribution in [0.5, 0.6) is 0 Å². The molecule has 0 bridgehead atoms. The summed E-state index contributed by atoms with van der Waals surface area (Å²) in [5.74, 6) is -0.736. The minimum atomic E-state index is -0.586. The van der Waals surface area contributed by atoms with Crippen molar-refractivity contribution >= 4 is 5.97 Å². The number of rotatable bonds is 3. The SMILES string of the molecule is CCN1CCN(C2CCCCCC2C(=O)O)CC1C. The number of likely N-dealkylation sites (N-methyl/N-ethyl adjacent to an activating group) is 1. The molecule has 0 aromatic carbocycles. The third-order valence-electron chi connectivity index (χ3n) is 4.97. The number of carboxylic acid groups (broad SMARTS) is 1. The average molecular weight is 268 g/mol. The fourth-order valence-electron chi connectivity index (χ4n) is 3.81. The van der Waals surface area contributed by atoms with Crippen molar-refractivity contribution in [2.24, 2.45) is 5.92 Å². The summed E-state index contributed by atoms with van der Waals surface area (Å²) in [7, 11) is 0. The first-order valence-corrected chi connectivity index (χ1v) is 7.84. The highest BCUT2D eigenvalue weighted by Gasteiger charge is 2.36. The zero-order chi connectivity index (χ0) is 13.8. The van der Waals surface area contributed by atoms with E-state index in [4.69, 9.17) is 0 Å². The van der Waals surface area contributed by atoms with Gasteiger partial charge in [0.05, 0.1) is 5.92 Å². The first-order chi connectivity index (χ1) is 9.13. The van der Waals surface area contributed by atoms with E-state index in [-0.39, 0.29) is 12.0 Å². The van der Waals surface area contributed by atoms with Gasteiger partial charge in [-0.15, -0.1) is 0 Å². The number of hydrogen-bond donors (Lipinski definition) is 1. The van der Waals surface area contributed by atoms with Crippen LogP contribution in [0.2, 0.25) is 0 Å². The van der Waals surface area contributed by atoms with Crippen molar-refractivity contribution in [1.82, 2.24) is 9.80 Å². The van der Waals surface area contributed by atoms with Crippen LogP contribution in [0.4, 0.5) is 0 Å². The molecule has 3 atom stereocenters. The Labute approximate surface area is 116 Å². The molecule has 2 rings (SSSR count). The van der Waals surface area contributed by atoms with Crippen LogP contribution >= 0.6 is 0 Å². The predicted molar refractivity (Wildman–Crippen MR) is 76.3 cm³/mol. The van der Waals surface area contributed by atoms with Gasteiger partial charge in [-0.1, -0.05) is 26.2 Å². The van der Waals surface area contributed by atoms with Crippen molar-refractivity contribution in [2.75, 3.05) is 26.2 Å². The van der Waals surface area contributed by atoms with E-state index >= 15 is 0 Å². The normalized spacial score (nSPS) is 34.9. The molecule has 0 aromatic heterocycles. The lowest BCUT2D eigenvalue weighted by molar-refractivity contribution is -0.145. The van der Waals surface area contributed by atoms with E-state index in [1.54, 1.807) is 0 Å². The van der Waals surface area contributed by atoms with E-state index in [1.165, 1.54) is 12.8 Å². The summed E-state index contributed by atoms with van der Waals surface area (Å²) in [5, 5.41) is 9.49. The first kappa shape index (κ1) is 14.8. The Morgan fingerprint density at radius 3 is 2.58 bits per heavy atom. The van der Waals surface area contributed by atoms with Crippen molar-refractivity contribution in [3.05, 3.63) is 0 Å². The van der Waals surface area contributed by atoms with Gasteiger partial charge in [-0.25, -0.2) is 0 Å². The maximum Gasteiger partial charge on any atom is 0.308 e. The third-order valence-corrected chi connectivity index (χ3v) is 4.97. The Balaban J connectivity index is 2.03. The average Bonchev–Trinajstić information content (AvgIpc) is 2.64. The van der Waals surface area contributed by atoms with Gasteiger partial charge in [-0.05, 0) is 26.3 Å². The molecule has 19 heavy (non-hydrogen) atoms. The largest absolute Gasteiger partial charge is 0.481 e. The van der Waals surface area contributed by atoms with Crippen LogP contribution in [0.15, 0.2) is 0 Å². The molecule has 0 radical (unpaired) electrons. The van der Waals surface area contributed by atoms with Crippen LogP contribution in [0.1, 0.15) is 46.0 Å². The highest BCUT2D eigenvalue weighted by Crippen LogP contribution is 2.29. The molecule has 3 unspecified atom stereocenters. The summed E-state index contributed by atoms with van der Waals surface area (Å²) >= 11 is 0. The summed E-state index contributed by atoms with van der Waals surface area (Å²) < 4.78 is 0. The zero-order valence-corrected chi connectivity index (χ0v) is 12.3. The number of nitrogens with zero attached hydrogens (tertiary/aromatic N) is 2. The van der Waals surface area contributed by atoms with Gasteiger partial charge in [-0.2, -0.15) is 0 Å². The Kier molecular flexibility index (Phi) is 5.22. The van der Waals surface area contributed by atoms with E-state index < -0.39 is 5.97 Å². The Morgan fingerprint density at radius 1 is 1.21 bits per heavy atom. The van der Waals surface area contributed by atoms with Crippen molar-refractivity contribution < 1.29 is 9.90 Å². The molecule has 110 valence electrons. The fourth-order valence-corrected chi connectivity index (χ4v) is 3.81. The fraction of sp³-hybridized carbons (Fsp3) is 0.933. The number of carbonyl (C=O) groups is 1. The minimum absolute atomic E-state index is 0.150. The lowest BCUT2D eigenvalue weighted by Gasteiger charge is -2.44. The monoisotopic (exact) mass is 268 g/mol. The summed E-state index contributed by atoms with van der Waals surface area (Å²) in [6.07, 6.45) is 5.40. The molecule has 0 spiro atoms. The molecule has 1 N–H and O–H groups in total. The second kappa shape index (κ2) is 6.71.